The predicted molar refractivity (Wildman–Crippen MR) is 113 cm³/mol. The Hall–Kier alpha value is -1.45. The summed E-state index contributed by atoms with van der Waals surface area (Å²) in [6, 6.07) is 13.0. The molecule has 2 aromatic rings. The molecule has 0 saturated carbocycles. The minimum atomic E-state index is -3.91. The number of carbonyl (C=O) groups excluding carboxylic acids is 1. The van der Waals surface area contributed by atoms with E-state index >= 15 is 0 Å². The van der Waals surface area contributed by atoms with Gasteiger partial charge in [-0.3, -0.25) is 4.79 Å². The SMILES string of the molecule is COC[C@@H](C)NC(=O)CN(Cc1ccccc1Cl)S(=O)(=O)c1ccc(Br)cc1. The van der Waals surface area contributed by atoms with Gasteiger partial charge in [0.1, 0.15) is 0 Å². The van der Waals surface area contributed by atoms with Crippen LogP contribution in [0, 0.1) is 0 Å². The van der Waals surface area contributed by atoms with E-state index in [0.717, 1.165) is 8.78 Å². The fourth-order valence-corrected chi connectivity index (χ4v) is 4.40. The van der Waals surface area contributed by atoms with Gasteiger partial charge in [0.2, 0.25) is 15.9 Å². The molecule has 0 saturated heterocycles. The zero-order valence-electron chi connectivity index (χ0n) is 15.6. The lowest BCUT2D eigenvalue weighted by Crippen LogP contribution is -2.44. The third kappa shape index (κ3) is 6.28. The van der Waals surface area contributed by atoms with E-state index in [1.165, 1.54) is 19.2 Å². The minimum absolute atomic E-state index is 0.0237. The zero-order valence-corrected chi connectivity index (χ0v) is 18.7. The monoisotopic (exact) mass is 488 g/mol. The third-order valence-electron chi connectivity index (χ3n) is 3.90. The smallest absolute Gasteiger partial charge is 0.243 e. The van der Waals surface area contributed by atoms with Crippen LogP contribution in [0.3, 0.4) is 0 Å². The van der Waals surface area contributed by atoms with Crippen LogP contribution in [-0.4, -0.2) is 44.9 Å². The lowest BCUT2D eigenvalue weighted by Gasteiger charge is -2.23. The standard InChI is InChI=1S/C19H22BrClN2O4S/c1-14(13-27-2)22-19(24)12-23(11-15-5-3-4-6-18(15)21)28(25,26)17-9-7-16(20)8-10-17/h3-10,14H,11-13H2,1-2H3,(H,22,24)/t14-/m1/s1. The van der Waals surface area contributed by atoms with Crippen LogP contribution in [0.2, 0.25) is 5.02 Å². The minimum Gasteiger partial charge on any atom is -0.383 e. The second-order valence-electron chi connectivity index (χ2n) is 6.24. The number of nitrogens with one attached hydrogen (secondary N) is 1. The van der Waals surface area contributed by atoms with Gasteiger partial charge >= 0.3 is 0 Å². The van der Waals surface area contributed by atoms with Crippen LogP contribution >= 0.6 is 27.5 Å². The van der Waals surface area contributed by atoms with Gasteiger partial charge in [-0.25, -0.2) is 8.42 Å². The molecule has 2 rings (SSSR count). The molecule has 1 atom stereocenters. The second kappa shape index (κ2) is 10.4. The summed E-state index contributed by atoms with van der Waals surface area (Å²) in [5.74, 6) is -0.419. The molecule has 0 aliphatic rings. The van der Waals surface area contributed by atoms with Crippen LogP contribution in [0.5, 0.6) is 0 Å². The summed E-state index contributed by atoms with van der Waals surface area (Å²) in [6.07, 6.45) is 0. The molecule has 0 radical (unpaired) electrons. The number of methoxy groups -OCH3 is 1. The van der Waals surface area contributed by atoms with Crippen molar-refractivity contribution in [3.05, 3.63) is 63.6 Å². The maximum Gasteiger partial charge on any atom is 0.243 e. The topological polar surface area (TPSA) is 75.7 Å². The Kier molecular flexibility index (Phi) is 8.45. The number of halogens is 2. The van der Waals surface area contributed by atoms with E-state index in [2.05, 4.69) is 21.2 Å². The highest BCUT2D eigenvalue weighted by Gasteiger charge is 2.28. The highest BCUT2D eigenvalue weighted by Crippen LogP contribution is 2.23. The number of carbonyl (C=O) groups is 1. The van der Waals surface area contributed by atoms with Crippen molar-refractivity contribution in [2.75, 3.05) is 20.3 Å². The molecule has 0 heterocycles. The maximum absolute atomic E-state index is 13.2. The van der Waals surface area contributed by atoms with E-state index in [9.17, 15) is 13.2 Å². The first-order chi connectivity index (χ1) is 13.2. The largest absolute Gasteiger partial charge is 0.383 e. The molecule has 0 aliphatic heterocycles. The molecule has 1 amide bonds. The van der Waals surface area contributed by atoms with Gasteiger partial charge in [-0.1, -0.05) is 45.7 Å². The fourth-order valence-electron chi connectivity index (χ4n) is 2.57. The van der Waals surface area contributed by atoms with E-state index in [0.29, 0.717) is 17.2 Å². The number of rotatable bonds is 9. The van der Waals surface area contributed by atoms with Gasteiger partial charge in [0.15, 0.2) is 0 Å². The Balaban J connectivity index is 2.31. The first kappa shape index (κ1) is 22.8. The Labute approximate surface area is 179 Å². The fraction of sp³-hybridized carbons (Fsp3) is 0.316. The van der Waals surface area contributed by atoms with Crippen molar-refractivity contribution in [3.63, 3.8) is 0 Å². The highest BCUT2D eigenvalue weighted by atomic mass is 79.9. The summed E-state index contributed by atoms with van der Waals surface area (Å²) < 4.78 is 33.2. The molecule has 0 spiro atoms. The number of amides is 1. The molecule has 0 aromatic heterocycles. The molecule has 0 aliphatic carbocycles. The normalized spacial score (nSPS) is 12.8. The quantitative estimate of drug-likeness (QED) is 0.585. The van der Waals surface area contributed by atoms with Crippen LogP contribution in [-0.2, 0) is 26.1 Å². The predicted octanol–water partition coefficient (Wildman–Crippen LogP) is 3.44. The van der Waals surface area contributed by atoms with E-state index < -0.39 is 15.9 Å². The molecule has 0 bridgehead atoms. The summed E-state index contributed by atoms with van der Waals surface area (Å²) in [4.78, 5) is 12.5. The van der Waals surface area contributed by atoms with E-state index in [4.69, 9.17) is 16.3 Å². The Morgan fingerprint density at radius 1 is 1.21 bits per heavy atom. The molecule has 9 heteroatoms. The number of sulfonamides is 1. The summed E-state index contributed by atoms with van der Waals surface area (Å²) in [5.41, 5.74) is 0.614. The lowest BCUT2D eigenvalue weighted by atomic mass is 10.2. The van der Waals surface area contributed by atoms with Gasteiger partial charge in [-0.2, -0.15) is 4.31 Å². The van der Waals surface area contributed by atoms with Crippen molar-refractivity contribution in [2.45, 2.75) is 24.4 Å². The van der Waals surface area contributed by atoms with Crippen LogP contribution in [0.15, 0.2) is 57.9 Å². The molecule has 28 heavy (non-hydrogen) atoms. The first-order valence-electron chi connectivity index (χ1n) is 8.51. The summed E-state index contributed by atoms with van der Waals surface area (Å²) in [6.45, 7) is 1.75. The Morgan fingerprint density at radius 3 is 2.46 bits per heavy atom. The molecule has 0 unspecified atom stereocenters. The van der Waals surface area contributed by atoms with Crippen molar-refractivity contribution in [3.8, 4) is 0 Å². The van der Waals surface area contributed by atoms with Crippen molar-refractivity contribution in [1.29, 1.82) is 0 Å². The average Bonchev–Trinajstić information content (AvgIpc) is 2.63. The Bertz CT molecular complexity index is 906. The number of hydrogen-bond donors (Lipinski definition) is 1. The molecule has 2 aromatic carbocycles. The number of benzene rings is 2. The summed E-state index contributed by atoms with van der Waals surface area (Å²) in [7, 11) is -2.38. The molecular formula is C19H22BrClN2O4S. The first-order valence-corrected chi connectivity index (χ1v) is 11.1. The Morgan fingerprint density at radius 2 is 1.86 bits per heavy atom. The van der Waals surface area contributed by atoms with Gasteiger partial charge in [-0.05, 0) is 42.8 Å². The van der Waals surface area contributed by atoms with Crippen molar-refractivity contribution in [2.24, 2.45) is 0 Å². The van der Waals surface area contributed by atoms with Crippen molar-refractivity contribution < 1.29 is 17.9 Å². The molecule has 0 fully saturated rings. The van der Waals surface area contributed by atoms with Gasteiger partial charge in [-0.15, -0.1) is 0 Å². The van der Waals surface area contributed by atoms with Gasteiger partial charge in [0, 0.05) is 29.2 Å². The average molecular weight is 490 g/mol. The maximum atomic E-state index is 13.2. The molecular weight excluding hydrogens is 468 g/mol. The van der Waals surface area contributed by atoms with Crippen LogP contribution < -0.4 is 5.32 Å². The van der Waals surface area contributed by atoms with Gasteiger partial charge < -0.3 is 10.1 Å². The van der Waals surface area contributed by atoms with Crippen LogP contribution in [0.1, 0.15) is 12.5 Å². The van der Waals surface area contributed by atoms with E-state index in [-0.39, 0.29) is 24.0 Å². The highest BCUT2D eigenvalue weighted by molar-refractivity contribution is 9.10. The number of nitrogens with zero attached hydrogens (tertiary/aromatic N) is 1. The van der Waals surface area contributed by atoms with Gasteiger partial charge in [0.25, 0.3) is 0 Å². The van der Waals surface area contributed by atoms with Gasteiger partial charge in [0.05, 0.1) is 18.0 Å². The van der Waals surface area contributed by atoms with Crippen LogP contribution in [0.4, 0.5) is 0 Å². The van der Waals surface area contributed by atoms with E-state index in [1.807, 2.05) is 0 Å². The summed E-state index contributed by atoms with van der Waals surface area (Å²) in [5, 5.41) is 3.17. The van der Waals surface area contributed by atoms with Crippen molar-refractivity contribution >= 4 is 43.5 Å². The number of hydrogen-bond acceptors (Lipinski definition) is 4. The third-order valence-corrected chi connectivity index (χ3v) is 6.60. The van der Waals surface area contributed by atoms with E-state index in [1.54, 1.807) is 43.3 Å². The summed E-state index contributed by atoms with van der Waals surface area (Å²) >= 11 is 9.50. The second-order valence-corrected chi connectivity index (χ2v) is 9.50. The molecule has 6 nitrogen and oxygen atoms in total. The van der Waals surface area contributed by atoms with Crippen molar-refractivity contribution in [1.82, 2.24) is 9.62 Å². The number of ether oxygens (including phenoxy) is 1. The zero-order chi connectivity index (χ0) is 20.7. The lowest BCUT2D eigenvalue weighted by molar-refractivity contribution is -0.122. The molecule has 152 valence electrons. The molecule has 1 N–H and O–H groups in total. The van der Waals surface area contributed by atoms with Crippen LogP contribution in [0.25, 0.3) is 0 Å².